The highest BCUT2D eigenvalue weighted by Gasteiger charge is 2.10. The van der Waals surface area contributed by atoms with Crippen LogP contribution in [0.15, 0.2) is 56.6 Å². The van der Waals surface area contributed by atoms with Gasteiger partial charge in [0.15, 0.2) is 6.61 Å². The van der Waals surface area contributed by atoms with Crippen molar-refractivity contribution >= 4 is 49.7 Å². The average Bonchev–Trinajstić information content (AvgIpc) is 2.48. The van der Waals surface area contributed by atoms with Gasteiger partial charge < -0.3 is 10.2 Å². The molecule has 0 saturated heterocycles. The van der Waals surface area contributed by atoms with Gasteiger partial charge in [-0.3, -0.25) is 4.79 Å². The van der Waals surface area contributed by atoms with Crippen molar-refractivity contribution in [1.82, 2.24) is 0 Å². The molecule has 0 aromatic heterocycles. The molecule has 0 saturated carbocycles. The zero-order valence-corrected chi connectivity index (χ0v) is 15.0. The van der Waals surface area contributed by atoms with Crippen molar-refractivity contribution < 1.29 is 9.63 Å². The number of nitrogens with zero attached hydrogens (tertiary/aromatic N) is 1. The summed E-state index contributed by atoms with van der Waals surface area (Å²) in [7, 11) is 0. The van der Waals surface area contributed by atoms with E-state index in [2.05, 4.69) is 42.3 Å². The molecule has 6 heteroatoms. The predicted octanol–water partition coefficient (Wildman–Crippen LogP) is 4.51. The van der Waals surface area contributed by atoms with Crippen LogP contribution in [0.25, 0.3) is 0 Å². The Balaban J connectivity index is 1.88. The zero-order chi connectivity index (χ0) is 15.9. The quantitative estimate of drug-likeness (QED) is 0.565. The van der Waals surface area contributed by atoms with Crippen LogP contribution < -0.4 is 5.32 Å². The maximum absolute atomic E-state index is 11.9. The number of rotatable bonds is 5. The summed E-state index contributed by atoms with van der Waals surface area (Å²) in [4.78, 5) is 16.9. The first kappa shape index (κ1) is 16.7. The second kappa shape index (κ2) is 8.10. The molecule has 1 N–H and O–H groups in total. The number of benzene rings is 2. The summed E-state index contributed by atoms with van der Waals surface area (Å²) in [5.74, 6) is -0.282. The van der Waals surface area contributed by atoms with Crippen LogP contribution in [0.3, 0.4) is 0 Å². The molecule has 0 radical (unpaired) electrons. The van der Waals surface area contributed by atoms with E-state index in [9.17, 15) is 4.79 Å². The molecule has 0 bridgehead atoms. The monoisotopic (exact) mass is 424 g/mol. The van der Waals surface area contributed by atoms with E-state index in [1.54, 1.807) is 6.21 Å². The Morgan fingerprint density at radius 3 is 2.50 bits per heavy atom. The SMILES string of the molecule is Cc1cc(Br)c(NC(=O)CO/N=C/c2ccccc2)c(Br)c1. The molecule has 0 unspecified atom stereocenters. The molecular formula is C16H14Br2N2O2. The van der Waals surface area contributed by atoms with Gasteiger partial charge in [0, 0.05) is 8.95 Å². The van der Waals surface area contributed by atoms with E-state index < -0.39 is 0 Å². The van der Waals surface area contributed by atoms with Crippen molar-refractivity contribution in [3.63, 3.8) is 0 Å². The molecule has 0 aliphatic carbocycles. The lowest BCUT2D eigenvalue weighted by Crippen LogP contribution is -2.17. The summed E-state index contributed by atoms with van der Waals surface area (Å²) in [6.45, 7) is 1.82. The van der Waals surface area contributed by atoms with E-state index in [1.807, 2.05) is 49.4 Å². The number of oxime groups is 1. The summed E-state index contributed by atoms with van der Waals surface area (Å²) in [6, 6.07) is 13.4. The Labute approximate surface area is 145 Å². The third kappa shape index (κ3) is 4.96. The topological polar surface area (TPSA) is 50.7 Å². The predicted molar refractivity (Wildman–Crippen MR) is 95.2 cm³/mol. The van der Waals surface area contributed by atoms with Gasteiger partial charge in [-0.05, 0) is 62.0 Å². The van der Waals surface area contributed by atoms with Crippen LogP contribution in [0.2, 0.25) is 0 Å². The van der Waals surface area contributed by atoms with Crippen molar-refractivity contribution in [1.29, 1.82) is 0 Å². The van der Waals surface area contributed by atoms with Crippen molar-refractivity contribution in [3.8, 4) is 0 Å². The molecule has 0 aliphatic rings. The summed E-state index contributed by atoms with van der Waals surface area (Å²) < 4.78 is 1.61. The average molecular weight is 426 g/mol. The van der Waals surface area contributed by atoms with Gasteiger partial charge in [-0.1, -0.05) is 35.5 Å². The molecule has 2 rings (SSSR count). The van der Waals surface area contributed by atoms with Crippen LogP contribution in [0.4, 0.5) is 5.69 Å². The maximum atomic E-state index is 11.9. The van der Waals surface area contributed by atoms with Gasteiger partial charge in [-0.15, -0.1) is 0 Å². The number of hydrogen-bond acceptors (Lipinski definition) is 3. The molecule has 2 aromatic rings. The van der Waals surface area contributed by atoms with E-state index in [0.717, 1.165) is 20.1 Å². The number of hydrogen-bond donors (Lipinski definition) is 1. The maximum Gasteiger partial charge on any atom is 0.265 e. The molecule has 114 valence electrons. The van der Waals surface area contributed by atoms with Crippen molar-refractivity contribution in [2.75, 3.05) is 11.9 Å². The summed E-state index contributed by atoms with van der Waals surface area (Å²) >= 11 is 6.85. The second-order valence-corrected chi connectivity index (χ2v) is 6.28. The molecule has 4 nitrogen and oxygen atoms in total. The lowest BCUT2D eigenvalue weighted by molar-refractivity contribution is -0.120. The van der Waals surface area contributed by atoms with E-state index >= 15 is 0 Å². The fourth-order valence-electron chi connectivity index (χ4n) is 1.73. The third-order valence-electron chi connectivity index (χ3n) is 2.72. The highest BCUT2D eigenvalue weighted by atomic mass is 79.9. The van der Waals surface area contributed by atoms with E-state index in [1.165, 1.54) is 0 Å². The van der Waals surface area contributed by atoms with Crippen LogP contribution in [-0.4, -0.2) is 18.7 Å². The first-order chi connectivity index (χ1) is 10.6. The highest BCUT2D eigenvalue weighted by molar-refractivity contribution is 9.11. The lowest BCUT2D eigenvalue weighted by atomic mass is 10.2. The van der Waals surface area contributed by atoms with Gasteiger partial charge in [0.2, 0.25) is 0 Å². The summed E-state index contributed by atoms with van der Waals surface area (Å²) in [5.41, 5.74) is 2.67. The Morgan fingerprint density at radius 1 is 1.23 bits per heavy atom. The van der Waals surface area contributed by atoms with Gasteiger partial charge in [-0.2, -0.15) is 0 Å². The number of aryl methyl sites for hydroxylation is 1. The first-order valence-corrected chi connectivity index (χ1v) is 8.11. The molecule has 0 heterocycles. The third-order valence-corrected chi connectivity index (χ3v) is 3.97. The Kier molecular flexibility index (Phi) is 6.15. The van der Waals surface area contributed by atoms with Gasteiger partial charge >= 0.3 is 0 Å². The van der Waals surface area contributed by atoms with Crippen LogP contribution in [0.5, 0.6) is 0 Å². The Hall–Kier alpha value is -1.66. The lowest BCUT2D eigenvalue weighted by Gasteiger charge is -2.10. The minimum Gasteiger partial charge on any atom is -0.386 e. The minimum atomic E-state index is -0.282. The molecule has 0 spiro atoms. The van der Waals surface area contributed by atoms with Crippen LogP contribution in [0.1, 0.15) is 11.1 Å². The number of carbonyl (C=O) groups is 1. The van der Waals surface area contributed by atoms with Crippen LogP contribution >= 0.6 is 31.9 Å². The molecule has 2 aromatic carbocycles. The molecule has 0 fully saturated rings. The standard InChI is InChI=1S/C16H14Br2N2O2/c1-11-7-13(17)16(14(18)8-11)20-15(21)10-22-19-9-12-5-3-2-4-6-12/h2-9H,10H2,1H3,(H,20,21)/b19-9+. The molecule has 22 heavy (non-hydrogen) atoms. The number of amides is 1. The summed E-state index contributed by atoms with van der Waals surface area (Å²) in [5, 5.41) is 6.55. The van der Waals surface area contributed by atoms with Crippen LogP contribution in [-0.2, 0) is 9.63 Å². The normalized spacial score (nSPS) is 10.7. The Bertz CT molecular complexity index is 665. The second-order valence-electron chi connectivity index (χ2n) is 4.57. The number of halogens is 2. The fourth-order valence-corrected chi connectivity index (χ4v) is 3.34. The molecule has 0 aliphatic heterocycles. The molecule has 1 amide bonds. The van der Waals surface area contributed by atoms with E-state index in [0.29, 0.717) is 5.69 Å². The number of nitrogens with one attached hydrogen (secondary N) is 1. The van der Waals surface area contributed by atoms with Crippen LogP contribution in [0, 0.1) is 6.92 Å². The van der Waals surface area contributed by atoms with Crippen molar-refractivity contribution in [3.05, 3.63) is 62.5 Å². The largest absolute Gasteiger partial charge is 0.386 e. The van der Waals surface area contributed by atoms with E-state index in [4.69, 9.17) is 4.84 Å². The van der Waals surface area contributed by atoms with Crippen molar-refractivity contribution in [2.45, 2.75) is 6.92 Å². The smallest absolute Gasteiger partial charge is 0.265 e. The zero-order valence-electron chi connectivity index (χ0n) is 11.8. The fraction of sp³-hybridized carbons (Fsp3) is 0.125. The minimum absolute atomic E-state index is 0.157. The van der Waals surface area contributed by atoms with Gasteiger partial charge in [0.1, 0.15) is 0 Å². The Morgan fingerprint density at radius 2 is 1.86 bits per heavy atom. The first-order valence-electron chi connectivity index (χ1n) is 6.52. The van der Waals surface area contributed by atoms with Gasteiger partial charge in [-0.25, -0.2) is 0 Å². The van der Waals surface area contributed by atoms with E-state index in [-0.39, 0.29) is 12.5 Å². The van der Waals surface area contributed by atoms with Crippen molar-refractivity contribution in [2.24, 2.45) is 5.16 Å². The number of carbonyl (C=O) groups excluding carboxylic acids is 1. The molecular weight excluding hydrogens is 412 g/mol. The highest BCUT2D eigenvalue weighted by Crippen LogP contribution is 2.32. The number of anilines is 1. The summed E-state index contributed by atoms with van der Waals surface area (Å²) in [6.07, 6.45) is 1.56. The molecule has 0 atom stereocenters. The van der Waals surface area contributed by atoms with Gasteiger partial charge in [0.25, 0.3) is 5.91 Å². The van der Waals surface area contributed by atoms with Gasteiger partial charge in [0.05, 0.1) is 11.9 Å².